The van der Waals surface area contributed by atoms with E-state index in [1.165, 1.54) is 0 Å². The third kappa shape index (κ3) is 5.49. The van der Waals surface area contributed by atoms with Gasteiger partial charge in [-0.3, -0.25) is 9.78 Å². The molecule has 4 heterocycles. The van der Waals surface area contributed by atoms with Gasteiger partial charge in [-0.25, -0.2) is 4.85 Å². The summed E-state index contributed by atoms with van der Waals surface area (Å²) in [7, 11) is 1.98. The van der Waals surface area contributed by atoms with Crippen molar-refractivity contribution in [3.05, 3.63) is 77.3 Å². The number of fused-ring (bicyclic) bond motifs is 1. The van der Waals surface area contributed by atoms with E-state index in [0.29, 0.717) is 60.0 Å². The molecule has 2 saturated heterocycles. The Balaban J connectivity index is 1.26. The number of aliphatic hydroxyl groups is 1. The maximum absolute atomic E-state index is 13.1. The molecule has 1 atom stereocenters. The van der Waals surface area contributed by atoms with E-state index in [1.54, 1.807) is 12.3 Å². The Bertz CT molecular complexity index is 1670. The molecule has 2 N–H and O–H groups in total. The molecule has 216 valence electrons. The highest BCUT2D eigenvalue weighted by Gasteiger charge is 2.37. The smallest absolute Gasteiger partial charge is 0.251 e. The molecule has 1 amide bonds. The molecule has 2 aliphatic heterocycles. The Hall–Kier alpha value is -4.23. The van der Waals surface area contributed by atoms with Crippen LogP contribution in [0.2, 0.25) is 0 Å². The van der Waals surface area contributed by atoms with Crippen LogP contribution in [0.25, 0.3) is 38.4 Å². The molecular formula is C33H34N4O5. The molecule has 2 aromatic carbocycles. The summed E-state index contributed by atoms with van der Waals surface area (Å²) in [5.74, 6) is 1.02. The lowest BCUT2D eigenvalue weighted by atomic mass is 9.98. The van der Waals surface area contributed by atoms with Crippen molar-refractivity contribution in [1.29, 1.82) is 0 Å². The van der Waals surface area contributed by atoms with Gasteiger partial charge in [-0.1, -0.05) is 12.1 Å². The monoisotopic (exact) mass is 566 g/mol. The zero-order chi connectivity index (χ0) is 29.3. The van der Waals surface area contributed by atoms with Gasteiger partial charge in [-0.15, -0.1) is 0 Å². The Morgan fingerprint density at radius 3 is 2.74 bits per heavy atom. The molecule has 4 aromatic rings. The second-order valence-corrected chi connectivity index (χ2v) is 11.3. The molecule has 0 saturated carbocycles. The third-order valence-electron chi connectivity index (χ3n) is 8.24. The van der Waals surface area contributed by atoms with Crippen molar-refractivity contribution in [1.82, 2.24) is 15.2 Å². The van der Waals surface area contributed by atoms with E-state index in [9.17, 15) is 9.90 Å². The van der Waals surface area contributed by atoms with Crippen molar-refractivity contribution in [3.63, 3.8) is 0 Å². The highest BCUT2D eigenvalue weighted by atomic mass is 16.5. The lowest BCUT2D eigenvalue weighted by molar-refractivity contribution is 0.0259. The van der Waals surface area contributed by atoms with Gasteiger partial charge in [-0.2, -0.15) is 0 Å². The van der Waals surface area contributed by atoms with Crippen molar-refractivity contribution in [3.8, 4) is 28.2 Å². The first-order chi connectivity index (χ1) is 20.4. The SMILES string of the molecule is [C-]#[N+]c1cc(-c2ccnc3cc(-c4ccc(C(=O)NC5(CO)CCN(C)C5)cc4C)oc23)ccc1OC1CCOCC1. The number of likely N-dealkylation sites (N-methyl/N-ethyl adjacent to an activating group) is 1. The number of ether oxygens (including phenoxy) is 2. The summed E-state index contributed by atoms with van der Waals surface area (Å²) in [5.41, 5.74) is 5.09. The lowest BCUT2D eigenvalue weighted by Gasteiger charge is -2.28. The molecule has 1 unspecified atom stereocenters. The predicted molar refractivity (Wildman–Crippen MR) is 160 cm³/mol. The fraction of sp³-hybridized carbons (Fsp3) is 0.364. The standard InChI is InChI=1S/C33H34N4O5/c1-21-16-23(32(39)36-33(20-38)11-13-37(3)19-33)4-6-25(21)30-18-28-31(42-30)26(8-12-35-28)22-5-7-29(27(17-22)34-2)41-24-9-14-40-15-10-24/h4-8,12,16-18,24,38H,9-11,13-15,19-20H2,1,3H3,(H,36,39). The number of amides is 1. The van der Waals surface area contributed by atoms with E-state index in [0.717, 1.165) is 41.6 Å². The van der Waals surface area contributed by atoms with Crippen LogP contribution < -0.4 is 10.1 Å². The highest BCUT2D eigenvalue weighted by molar-refractivity contribution is 5.96. The average Bonchev–Trinajstić information content (AvgIpc) is 3.61. The fourth-order valence-electron chi connectivity index (χ4n) is 5.89. The van der Waals surface area contributed by atoms with Gasteiger partial charge in [0, 0.05) is 54.9 Å². The summed E-state index contributed by atoms with van der Waals surface area (Å²) < 4.78 is 17.9. The van der Waals surface area contributed by atoms with Gasteiger partial charge >= 0.3 is 0 Å². The minimum Gasteiger partial charge on any atom is -0.501 e. The van der Waals surface area contributed by atoms with Crippen LogP contribution in [0.5, 0.6) is 5.75 Å². The van der Waals surface area contributed by atoms with Gasteiger partial charge in [0.2, 0.25) is 5.69 Å². The molecule has 6 rings (SSSR count). The van der Waals surface area contributed by atoms with Gasteiger partial charge in [0.25, 0.3) is 5.91 Å². The number of rotatable bonds is 7. The maximum atomic E-state index is 13.1. The molecule has 2 aromatic heterocycles. The van der Waals surface area contributed by atoms with Crippen molar-refractivity contribution in [2.45, 2.75) is 37.8 Å². The molecule has 0 aliphatic carbocycles. The summed E-state index contributed by atoms with van der Waals surface area (Å²) in [6.45, 7) is 12.4. The first kappa shape index (κ1) is 27.9. The van der Waals surface area contributed by atoms with E-state index in [2.05, 4.69) is 20.0 Å². The molecule has 2 fully saturated rings. The number of benzene rings is 2. The number of aryl methyl sites for hydroxylation is 1. The van der Waals surface area contributed by atoms with E-state index in [-0.39, 0.29) is 18.6 Å². The van der Waals surface area contributed by atoms with Gasteiger partial charge in [0.05, 0.1) is 31.9 Å². The van der Waals surface area contributed by atoms with Crippen LogP contribution in [0.15, 0.2) is 59.1 Å². The third-order valence-corrected chi connectivity index (χ3v) is 8.24. The molecule has 2 aliphatic rings. The lowest BCUT2D eigenvalue weighted by Crippen LogP contribution is -2.53. The van der Waals surface area contributed by atoms with Crippen LogP contribution in [0, 0.1) is 13.5 Å². The van der Waals surface area contributed by atoms with Crippen molar-refractivity contribution < 1.29 is 23.8 Å². The number of pyridine rings is 1. The van der Waals surface area contributed by atoms with Crippen molar-refractivity contribution >= 4 is 22.7 Å². The highest BCUT2D eigenvalue weighted by Crippen LogP contribution is 2.39. The van der Waals surface area contributed by atoms with Crippen molar-refractivity contribution in [2.75, 3.05) is 40.0 Å². The summed E-state index contributed by atoms with van der Waals surface area (Å²) >= 11 is 0. The summed E-state index contributed by atoms with van der Waals surface area (Å²) in [6.07, 6.45) is 4.11. The second kappa shape index (κ2) is 11.6. The first-order valence-electron chi connectivity index (χ1n) is 14.3. The van der Waals surface area contributed by atoms with E-state index in [1.807, 2.05) is 56.4 Å². The van der Waals surface area contributed by atoms with Gasteiger partial charge in [0.1, 0.15) is 23.1 Å². The number of nitrogens with zero attached hydrogens (tertiary/aromatic N) is 3. The topological polar surface area (TPSA) is 101 Å². The van der Waals surface area contributed by atoms with Crippen LogP contribution in [-0.4, -0.2) is 72.5 Å². The van der Waals surface area contributed by atoms with Crippen LogP contribution in [0.3, 0.4) is 0 Å². The zero-order valence-corrected chi connectivity index (χ0v) is 23.9. The Labute approximate surface area is 244 Å². The molecule has 0 bridgehead atoms. The normalized spacial score (nSPS) is 19.6. The number of hydrogen-bond acceptors (Lipinski definition) is 7. The first-order valence-corrected chi connectivity index (χ1v) is 14.3. The van der Waals surface area contributed by atoms with Crippen LogP contribution in [-0.2, 0) is 4.74 Å². The van der Waals surface area contributed by atoms with Gasteiger partial charge in [-0.05, 0) is 61.9 Å². The number of carbonyl (C=O) groups is 1. The number of furan rings is 1. The number of carbonyl (C=O) groups excluding carboxylic acids is 1. The fourth-order valence-corrected chi connectivity index (χ4v) is 5.89. The Kier molecular flexibility index (Phi) is 7.69. The van der Waals surface area contributed by atoms with Crippen LogP contribution in [0.4, 0.5) is 5.69 Å². The molecule has 0 spiro atoms. The molecular weight excluding hydrogens is 532 g/mol. The maximum Gasteiger partial charge on any atom is 0.251 e. The van der Waals surface area contributed by atoms with E-state index in [4.69, 9.17) is 20.5 Å². The minimum absolute atomic E-state index is 0.0475. The van der Waals surface area contributed by atoms with E-state index >= 15 is 0 Å². The van der Waals surface area contributed by atoms with Gasteiger partial charge in [0.15, 0.2) is 5.58 Å². The second-order valence-electron chi connectivity index (χ2n) is 11.3. The summed E-state index contributed by atoms with van der Waals surface area (Å²) in [6, 6.07) is 14.9. The van der Waals surface area contributed by atoms with Crippen LogP contribution in [0.1, 0.15) is 35.2 Å². The quantitative estimate of drug-likeness (QED) is 0.290. The number of aliphatic hydroxyl groups excluding tert-OH is 1. The zero-order valence-electron chi connectivity index (χ0n) is 23.9. The van der Waals surface area contributed by atoms with Crippen LogP contribution >= 0.6 is 0 Å². The number of nitrogens with one attached hydrogen (secondary N) is 1. The molecule has 9 nitrogen and oxygen atoms in total. The molecule has 9 heteroatoms. The van der Waals surface area contributed by atoms with Gasteiger partial charge < -0.3 is 29.2 Å². The predicted octanol–water partition coefficient (Wildman–Crippen LogP) is 5.38. The average molecular weight is 567 g/mol. The van der Waals surface area contributed by atoms with Crippen molar-refractivity contribution in [2.24, 2.45) is 0 Å². The largest absolute Gasteiger partial charge is 0.501 e. The molecule has 42 heavy (non-hydrogen) atoms. The van der Waals surface area contributed by atoms with E-state index < -0.39 is 5.54 Å². The Morgan fingerprint density at radius 1 is 1.19 bits per heavy atom. The Morgan fingerprint density at radius 2 is 2.02 bits per heavy atom. The summed E-state index contributed by atoms with van der Waals surface area (Å²) in [5, 5.41) is 13.0. The number of hydrogen-bond donors (Lipinski definition) is 2. The number of likely N-dealkylation sites (tertiary alicyclic amines) is 1. The molecule has 0 radical (unpaired) electrons. The summed E-state index contributed by atoms with van der Waals surface area (Å²) in [4.78, 5) is 23.5. The minimum atomic E-state index is -0.624. The number of aromatic nitrogens is 1.